The molecular weight excluding hydrogens is 479 g/mol. The molecule has 2 heterocycles. The molecule has 0 saturated carbocycles. The van der Waals surface area contributed by atoms with Crippen LogP contribution in [0.25, 0.3) is 10.2 Å². The molecule has 2 aromatic carbocycles. The molecule has 0 unspecified atom stereocenters. The number of halogens is 3. The van der Waals surface area contributed by atoms with Gasteiger partial charge in [0, 0.05) is 26.2 Å². The molecule has 0 bridgehead atoms. The number of amides is 1. The highest BCUT2D eigenvalue weighted by Crippen LogP contribution is 2.30. The van der Waals surface area contributed by atoms with Crippen molar-refractivity contribution in [2.24, 2.45) is 0 Å². The zero-order chi connectivity index (χ0) is 23.6. The van der Waals surface area contributed by atoms with Crippen LogP contribution in [-0.2, 0) is 21.0 Å². The molecule has 1 aliphatic heterocycles. The minimum absolute atomic E-state index is 0.0568. The molecule has 8 nitrogen and oxygen atoms in total. The summed E-state index contributed by atoms with van der Waals surface area (Å²) < 4.78 is 64.1. The second-order valence-corrected chi connectivity index (χ2v) is 10.1. The molecule has 4 rings (SSSR count). The third-order valence-corrected chi connectivity index (χ3v) is 7.43. The van der Waals surface area contributed by atoms with Gasteiger partial charge in [0.1, 0.15) is 0 Å². The van der Waals surface area contributed by atoms with Crippen LogP contribution in [0.15, 0.2) is 53.4 Å². The van der Waals surface area contributed by atoms with Gasteiger partial charge in [0.15, 0.2) is 5.13 Å². The van der Waals surface area contributed by atoms with E-state index in [9.17, 15) is 26.4 Å². The van der Waals surface area contributed by atoms with E-state index >= 15 is 0 Å². The van der Waals surface area contributed by atoms with E-state index in [1.807, 2.05) is 34.0 Å². The number of para-hydroxylation sites is 1. The summed E-state index contributed by atoms with van der Waals surface area (Å²) in [4.78, 5) is 22.1. The van der Waals surface area contributed by atoms with Gasteiger partial charge in [-0.2, -0.15) is 13.2 Å². The summed E-state index contributed by atoms with van der Waals surface area (Å²) in [5.74, 6) is -0.612. The number of nitrogens with one attached hydrogen (secondary N) is 2. The van der Waals surface area contributed by atoms with E-state index in [0.29, 0.717) is 32.2 Å². The van der Waals surface area contributed by atoms with E-state index in [1.165, 1.54) is 0 Å². The lowest BCUT2D eigenvalue weighted by molar-refractivity contribution is -0.137. The van der Waals surface area contributed by atoms with Gasteiger partial charge < -0.3 is 4.90 Å². The highest BCUT2D eigenvalue weighted by atomic mass is 32.2. The van der Waals surface area contributed by atoms with Gasteiger partial charge >= 0.3 is 6.18 Å². The summed E-state index contributed by atoms with van der Waals surface area (Å²) in [6.45, 7) is 2.40. The van der Waals surface area contributed by atoms with Gasteiger partial charge in [-0.15, -0.1) is 4.83 Å². The quantitative estimate of drug-likeness (QED) is 0.506. The number of nitrogens with zero attached hydrogens (tertiary/aromatic N) is 3. The predicted molar refractivity (Wildman–Crippen MR) is 118 cm³/mol. The van der Waals surface area contributed by atoms with Crippen LogP contribution in [0.1, 0.15) is 5.56 Å². The van der Waals surface area contributed by atoms with Crippen LogP contribution in [0, 0.1) is 0 Å². The Morgan fingerprint density at radius 2 is 1.79 bits per heavy atom. The Morgan fingerprint density at radius 3 is 2.48 bits per heavy atom. The Morgan fingerprint density at radius 1 is 1.06 bits per heavy atom. The Balaban J connectivity index is 1.28. The standard InChI is InChI=1S/C20H20F3N5O3S2/c21-20(22,23)14-4-3-5-15(12-14)33(30,31)26-25-18(29)13-27-8-10-28(11-9-27)19-24-16-6-1-2-7-17(16)32-19/h1-7,12,26H,8-11,13H2,(H,25,29). The van der Waals surface area contributed by atoms with Crippen LogP contribution in [-0.4, -0.2) is 56.9 Å². The van der Waals surface area contributed by atoms with Crippen molar-refractivity contribution in [1.82, 2.24) is 20.1 Å². The van der Waals surface area contributed by atoms with E-state index in [0.717, 1.165) is 33.5 Å². The minimum Gasteiger partial charge on any atom is -0.345 e. The summed E-state index contributed by atoms with van der Waals surface area (Å²) in [7, 11) is -4.35. The number of piperazine rings is 1. The number of anilines is 1. The number of hydrogen-bond acceptors (Lipinski definition) is 7. The average molecular weight is 500 g/mol. The van der Waals surface area contributed by atoms with Gasteiger partial charge in [-0.3, -0.25) is 15.1 Å². The van der Waals surface area contributed by atoms with Crippen molar-refractivity contribution < 1.29 is 26.4 Å². The zero-order valence-corrected chi connectivity index (χ0v) is 18.8. The molecule has 1 amide bonds. The summed E-state index contributed by atoms with van der Waals surface area (Å²) in [5, 5.41) is 0.911. The van der Waals surface area contributed by atoms with Gasteiger partial charge in [0.25, 0.3) is 10.0 Å². The van der Waals surface area contributed by atoms with Gasteiger partial charge in [-0.1, -0.05) is 29.5 Å². The summed E-state index contributed by atoms with van der Waals surface area (Å²) >= 11 is 1.60. The van der Waals surface area contributed by atoms with Gasteiger partial charge in [-0.05, 0) is 30.3 Å². The first kappa shape index (κ1) is 23.4. The molecule has 13 heteroatoms. The van der Waals surface area contributed by atoms with Crippen molar-refractivity contribution in [3.05, 3.63) is 54.1 Å². The van der Waals surface area contributed by atoms with Crippen LogP contribution >= 0.6 is 11.3 Å². The number of carbonyl (C=O) groups excluding carboxylic acids is 1. The summed E-state index contributed by atoms with van der Waals surface area (Å²) in [5.41, 5.74) is 1.91. The van der Waals surface area contributed by atoms with Gasteiger partial charge in [-0.25, -0.2) is 13.4 Å². The topological polar surface area (TPSA) is 94.6 Å². The zero-order valence-electron chi connectivity index (χ0n) is 17.2. The number of aromatic nitrogens is 1. The van der Waals surface area contributed by atoms with Crippen molar-refractivity contribution in [3.63, 3.8) is 0 Å². The Bertz CT molecular complexity index is 1220. The third-order valence-electron chi connectivity index (χ3n) is 5.09. The Kier molecular flexibility index (Phi) is 6.56. The lowest BCUT2D eigenvalue weighted by atomic mass is 10.2. The van der Waals surface area contributed by atoms with Crippen molar-refractivity contribution in [1.29, 1.82) is 0 Å². The number of carbonyl (C=O) groups is 1. The number of hydrogen-bond donors (Lipinski definition) is 2. The number of fused-ring (bicyclic) bond motifs is 1. The molecule has 3 aromatic rings. The maximum absolute atomic E-state index is 12.8. The van der Waals surface area contributed by atoms with E-state index in [2.05, 4.69) is 15.3 Å². The molecular formula is C20H20F3N5O3S2. The first-order valence-electron chi connectivity index (χ1n) is 9.93. The normalized spacial score (nSPS) is 15.7. The van der Waals surface area contributed by atoms with Crippen molar-refractivity contribution >= 4 is 42.6 Å². The second-order valence-electron chi connectivity index (χ2n) is 7.41. The van der Waals surface area contributed by atoms with Gasteiger partial charge in [0.05, 0.1) is 27.2 Å². The van der Waals surface area contributed by atoms with E-state index < -0.39 is 32.6 Å². The maximum atomic E-state index is 12.8. The molecule has 1 saturated heterocycles. The molecule has 0 radical (unpaired) electrons. The number of sulfonamides is 1. The number of hydrazine groups is 1. The Labute approximate surface area is 192 Å². The monoisotopic (exact) mass is 499 g/mol. The van der Waals surface area contributed by atoms with Crippen molar-refractivity contribution in [3.8, 4) is 0 Å². The molecule has 1 aromatic heterocycles. The highest BCUT2D eigenvalue weighted by molar-refractivity contribution is 7.89. The lowest BCUT2D eigenvalue weighted by Crippen LogP contribution is -2.51. The maximum Gasteiger partial charge on any atom is 0.416 e. The molecule has 0 spiro atoms. The molecule has 33 heavy (non-hydrogen) atoms. The molecule has 0 atom stereocenters. The number of benzene rings is 2. The SMILES string of the molecule is O=C(CN1CCN(c2nc3ccccc3s2)CC1)NNS(=O)(=O)c1cccc(C(F)(F)F)c1. The number of thiazole rings is 1. The minimum atomic E-state index is -4.68. The van der Waals surface area contributed by atoms with Gasteiger partial charge in [0.2, 0.25) is 5.91 Å². The number of alkyl halides is 3. The lowest BCUT2D eigenvalue weighted by Gasteiger charge is -2.34. The van der Waals surface area contributed by atoms with Crippen molar-refractivity contribution in [2.75, 3.05) is 37.6 Å². The van der Waals surface area contributed by atoms with Crippen LogP contribution in [0.2, 0.25) is 0 Å². The third kappa shape index (κ3) is 5.61. The molecule has 2 N–H and O–H groups in total. The van der Waals surface area contributed by atoms with Crippen LogP contribution < -0.4 is 15.2 Å². The van der Waals surface area contributed by atoms with Crippen LogP contribution in [0.5, 0.6) is 0 Å². The molecule has 0 aliphatic carbocycles. The first-order valence-corrected chi connectivity index (χ1v) is 12.2. The van der Waals surface area contributed by atoms with E-state index in [-0.39, 0.29) is 6.54 Å². The van der Waals surface area contributed by atoms with E-state index in [1.54, 1.807) is 11.3 Å². The average Bonchev–Trinajstić information content (AvgIpc) is 3.22. The molecule has 176 valence electrons. The predicted octanol–water partition coefficient (Wildman–Crippen LogP) is 2.45. The fraction of sp³-hybridized carbons (Fsp3) is 0.300. The number of rotatable bonds is 6. The second kappa shape index (κ2) is 9.25. The van der Waals surface area contributed by atoms with E-state index in [4.69, 9.17) is 0 Å². The first-order chi connectivity index (χ1) is 15.6. The fourth-order valence-electron chi connectivity index (χ4n) is 3.36. The highest BCUT2D eigenvalue weighted by Gasteiger charge is 2.31. The molecule has 1 fully saturated rings. The smallest absolute Gasteiger partial charge is 0.345 e. The largest absolute Gasteiger partial charge is 0.416 e. The van der Waals surface area contributed by atoms with Crippen LogP contribution in [0.4, 0.5) is 18.3 Å². The summed E-state index contributed by atoms with van der Waals surface area (Å²) in [6, 6.07) is 11.1. The molecule has 1 aliphatic rings. The summed E-state index contributed by atoms with van der Waals surface area (Å²) in [6.07, 6.45) is -4.68. The van der Waals surface area contributed by atoms with Crippen molar-refractivity contribution in [2.45, 2.75) is 11.1 Å². The van der Waals surface area contributed by atoms with Crippen LogP contribution in [0.3, 0.4) is 0 Å². The fourth-order valence-corrected chi connectivity index (χ4v) is 5.28. The Hall–Kier alpha value is -2.74.